The predicted octanol–water partition coefficient (Wildman–Crippen LogP) is 3.14. The normalized spacial score (nSPS) is 10.2. The van der Waals surface area contributed by atoms with E-state index in [9.17, 15) is 4.79 Å². The molecule has 3 nitrogen and oxygen atoms in total. The number of aromatic nitrogens is 1. The van der Waals surface area contributed by atoms with Crippen LogP contribution < -0.4 is 5.32 Å². The zero-order chi connectivity index (χ0) is 13.5. The van der Waals surface area contributed by atoms with Crippen molar-refractivity contribution in [3.05, 3.63) is 59.4 Å². The van der Waals surface area contributed by atoms with Gasteiger partial charge in [0.1, 0.15) is 0 Å². The standard InChI is InChI=1S/C14H13ClN2OS/c15-12-5-1-2-6-13(12)19-10-14(18)17-9-11-4-3-7-16-8-11/h1-8H,9-10H2,(H,17,18). The maximum Gasteiger partial charge on any atom is 0.230 e. The van der Waals surface area contributed by atoms with E-state index in [1.54, 1.807) is 12.4 Å². The van der Waals surface area contributed by atoms with E-state index in [1.165, 1.54) is 11.8 Å². The van der Waals surface area contributed by atoms with Crippen molar-refractivity contribution in [1.82, 2.24) is 10.3 Å². The smallest absolute Gasteiger partial charge is 0.230 e. The number of carbonyl (C=O) groups is 1. The van der Waals surface area contributed by atoms with E-state index in [0.717, 1.165) is 10.5 Å². The maximum absolute atomic E-state index is 11.7. The van der Waals surface area contributed by atoms with Crippen LogP contribution in [-0.2, 0) is 11.3 Å². The molecule has 0 saturated heterocycles. The largest absolute Gasteiger partial charge is 0.351 e. The van der Waals surface area contributed by atoms with Gasteiger partial charge in [0, 0.05) is 23.8 Å². The van der Waals surface area contributed by atoms with Crippen LogP contribution in [0.15, 0.2) is 53.7 Å². The summed E-state index contributed by atoms with van der Waals surface area (Å²) >= 11 is 7.45. The fourth-order valence-electron chi connectivity index (χ4n) is 1.46. The molecular formula is C14H13ClN2OS. The van der Waals surface area contributed by atoms with E-state index < -0.39 is 0 Å². The first-order chi connectivity index (χ1) is 9.25. The van der Waals surface area contributed by atoms with Crippen LogP contribution in [0.3, 0.4) is 0 Å². The summed E-state index contributed by atoms with van der Waals surface area (Å²) in [6.45, 7) is 0.496. The highest BCUT2D eigenvalue weighted by atomic mass is 35.5. The van der Waals surface area contributed by atoms with E-state index in [4.69, 9.17) is 11.6 Å². The van der Waals surface area contributed by atoms with Crippen LogP contribution in [0, 0.1) is 0 Å². The Labute approximate surface area is 121 Å². The van der Waals surface area contributed by atoms with Crippen molar-refractivity contribution >= 4 is 29.3 Å². The summed E-state index contributed by atoms with van der Waals surface area (Å²) in [5.41, 5.74) is 0.985. The summed E-state index contributed by atoms with van der Waals surface area (Å²) < 4.78 is 0. The van der Waals surface area contributed by atoms with Crippen LogP contribution >= 0.6 is 23.4 Å². The zero-order valence-corrected chi connectivity index (χ0v) is 11.7. The fraction of sp³-hybridized carbons (Fsp3) is 0.143. The Morgan fingerprint density at radius 3 is 2.84 bits per heavy atom. The molecule has 0 aliphatic rings. The van der Waals surface area contributed by atoms with Gasteiger partial charge in [0.05, 0.1) is 10.8 Å². The lowest BCUT2D eigenvalue weighted by molar-refractivity contribution is -0.118. The van der Waals surface area contributed by atoms with E-state index in [1.807, 2.05) is 36.4 Å². The van der Waals surface area contributed by atoms with Gasteiger partial charge in [-0.25, -0.2) is 0 Å². The average molecular weight is 293 g/mol. The number of halogens is 1. The van der Waals surface area contributed by atoms with Crippen molar-refractivity contribution in [1.29, 1.82) is 0 Å². The number of carbonyl (C=O) groups excluding carboxylic acids is 1. The van der Waals surface area contributed by atoms with Gasteiger partial charge in [-0.05, 0) is 23.8 Å². The molecule has 0 atom stereocenters. The summed E-state index contributed by atoms with van der Waals surface area (Å²) in [5.74, 6) is 0.332. The molecule has 0 saturated carbocycles. The van der Waals surface area contributed by atoms with Crippen LogP contribution in [-0.4, -0.2) is 16.6 Å². The molecule has 19 heavy (non-hydrogen) atoms. The summed E-state index contributed by atoms with van der Waals surface area (Å²) in [5, 5.41) is 3.52. The minimum absolute atomic E-state index is 0.0197. The summed E-state index contributed by atoms with van der Waals surface area (Å²) in [6.07, 6.45) is 3.44. The summed E-state index contributed by atoms with van der Waals surface area (Å²) in [7, 11) is 0. The first-order valence-corrected chi connectivity index (χ1v) is 7.15. The Kier molecular flexibility index (Phi) is 5.24. The molecule has 0 aliphatic heterocycles. The molecule has 98 valence electrons. The number of hydrogen-bond donors (Lipinski definition) is 1. The van der Waals surface area contributed by atoms with Crippen molar-refractivity contribution in [2.75, 3.05) is 5.75 Å². The van der Waals surface area contributed by atoms with E-state index in [-0.39, 0.29) is 5.91 Å². The van der Waals surface area contributed by atoms with Gasteiger partial charge in [-0.2, -0.15) is 0 Å². The van der Waals surface area contributed by atoms with Gasteiger partial charge in [-0.15, -0.1) is 11.8 Å². The van der Waals surface area contributed by atoms with E-state index >= 15 is 0 Å². The Bertz CT molecular complexity index is 548. The Morgan fingerprint density at radius 1 is 1.26 bits per heavy atom. The molecule has 1 N–H and O–H groups in total. The van der Waals surface area contributed by atoms with Gasteiger partial charge in [-0.1, -0.05) is 29.8 Å². The quantitative estimate of drug-likeness (QED) is 0.861. The van der Waals surface area contributed by atoms with Crippen LogP contribution in [0.2, 0.25) is 5.02 Å². The highest BCUT2D eigenvalue weighted by Gasteiger charge is 2.05. The van der Waals surface area contributed by atoms with Crippen LogP contribution in [0.5, 0.6) is 0 Å². The van der Waals surface area contributed by atoms with Gasteiger partial charge in [-0.3, -0.25) is 9.78 Å². The minimum Gasteiger partial charge on any atom is -0.351 e. The molecule has 0 spiro atoms. The molecule has 0 unspecified atom stereocenters. The molecule has 5 heteroatoms. The molecular weight excluding hydrogens is 280 g/mol. The highest BCUT2D eigenvalue weighted by molar-refractivity contribution is 8.00. The first-order valence-electron chi connectivity index (χ1n) is 5.78. The molecule has 2 rings (SSSR count). The molecule has 1 aromatic heterocycles. The Balaban J connectivity index is 1.78. The van der Waals surface area contributed by atoms with Gasteiger partial charge < -0.3 is 5.32 Å². The Hall–Kier alpha value is -1.52. The topological polar surface area (TPSA) is 42.0 Å². The van der Waals surface area contributed by atoms with Crippen LogP contribution in [0.25, 0.3) is 0 Å². The predicted molar refractivity (Wildman–Crippen MR) is 78.3 cm³/mol. The molecule has 0 radical (unpaired) electrons. The second-order valence-electron chi connectivity index (χ2n) is 3.86. The van der Waals surface area contributed by atoms with E-state index in [2.05, 4.69) is 10.3 Å². The number of pyridine rings is 1. The van der Waals surface area contributed by atoms with Crippen LogP contribution in [0.4, 0.5) is 0 Å². The minimum atomic E-state index is -0.0197. The number of nitrogens with zero attached hydrogens (tertiary/aromatic N) is 1. The van der Waals surface area contributed by atoms with E-state index in [0.29, 0.717) is 17.3 Å². The second-order valence-corrected chi connectivity index (χ2v) is 5.28. The number of thioether (sulfide) groups is 1. The van der Waals surface area contributed by atoms with Crippen molar-refractivity contribution < 1.29 is 4.79 Å². The lowest BCUT2D eigenvalue weighted by atomic mass is 10.3. The Morgan fingerprint density at radius 2 is 2.11 bits per heavy atom. The fourth-order valence-corrected chi connectivity index (χ4v) is 2.53. The zero-order valence-electron chi connectivity index (χ0n) is 10.2. The maximum atomic E-state index is 11.7. The number of rotatable bonds is 5. The first kappa shape index (κ1) is 13.9. The lowest BCUT2D eigenvalue weighted by Gasteiger charge is -2.06. The molecule has 1 amide bonds. The molecule has 1 heterocycles. The third-order valence-corrected chi connectivity index (χ3v) is 3.92. The average Bonchev–Trinajstić information content (AvgIpc) is 2.45. The summed E-state index contributed by atoms with van der Waals surface area (Å²) in [4.78, 5) is 16.6. The van der Waals surface area contributed by atoms with Crippen molar-refractivity contribution in [3.63, 3.8) is 0 Å². The molecule has 0 bridgehead atoms. The second kappa shape index (κ2) is 7.16. The molecule has 0 aliphatic carbocycles. The third kappa shape index (κ3) is 4.58. The van der Waals surface area contributed by atoms with Gasteiger partial charge in [0.2, 0.25) is 5.91 Å². The highest BCUT2D eigenvalue weighted by Crippen LogP contribution is 2.26. The van der Waals surface area contributed by atoms with Crippen LogP contribution in [0.1, 0.15) is 5.56 Å². The molecule has 1 aromatic carbocycles. The van der Waals surface area contributed by atoms with Crippen molar-refractivity contribution in [2.24, 2.45) is 0 Å². The SMILES string of the molecule is O=C(CSc1ccccc1Cl)NCc1cccnc1. The van der Waals surface area contributed by atoms with Crippen molar-refractivity contribution in [3.8, 4) is 0 Å². The number of amides is 1. The molecule has 2 aromatic rings. The lowest BCUT2D eigenvalue weighted by Crippen LogP contribution is -2.24. The third-order valence-electron chi connectivity index (χ3n) is 2.41. The molecule has 0 fully saturated rings. The monoisotopic (exact) mass is 292 g/mol. The number of hydrogen-bond acceptors (Lipinski definition) is 3. The van der Waals surface area contributed by atoms with Gasteiger partial charge in [0.25, 0.3) is 0 Å². The van der Waals surface area contributed by atoms with Gasteiger partial charge in [0.15, 0.2) is 0 Å². The number of benzene rings is 1. The van der Waals surface area contributed by atoms with Gasteiger partial charge >= 0.3 is 0 Å². The summed E-state index contributed by atoms with van der Waals surface area (Å²) in [6, 6.07) is 11.3. The van der Waals surface area contributed by atoms with Crippen molar-refractivity contribution in [2.45, 2.75) is 11.4 Å². The number of nitrogens with one attached hydrogen (secondary N) is 1.